The van der Waals surface area contributed by atoms with Gasteiger partial charge in [0.15, 0.2) is 0 Å². The van der Waals surface area contributed by atoms with Crippen LogP contribution in [0.25, 0.3) is 10.8 Å². The van der Waals surface area contributed by atoms with Crippen molar-refractivity contribution in [1.29, 1.82) is 0 Å². The number of amides is 1. The number of carbonyl (C=O) groups is 1. The Labute approximate surface area is 137 Å². The number of pyridine rings is 1. The van der Waals surface area contributed by atoms with E-state index in [4.69, 9.17) is 0 Å². The lowest BCUT2D eigenvalue weighted by Crippen LogP contribution is -2.28. The summed E-state index contributed by atoms with van der Waals surface area (Å²) in [5.74, 6) is -0.223. The number of hydrogen-bond acceptors (Lipinski definition) is 4. The van der Waals surface area contributed by atoms with Crippen LogP contribution in [-0.2, 0) is 13.0 Å². The minimum atomic E-state index is -0.248. The smallest absolute Gasteiger partial charge is 0.270 e. The molecule has 1 aromatic carbocycles. The van der Waals surface area contributed by atoms with Gasteiger partial charge < -0.3 is 9.88 Å². The monoisotopic (exact) mass is 327 g/mol. The molecule has 0 radical (unpaired) electrons. The highest BCUT2D eigenvalue weighted by Crippen LogP contribution is 2.14. The fourth-order valence-electron chi connectivity index (χ4n) is 2.43. The maximum absolute atomic E-state index is 12.6. The van der Waals surface area contributed by atoms with Crippen LogP contribution in [0, 0.1) is 0 Å². The summed E-state index contributed by atoms with van der Waals surface area (Å²) >= 11 is 1.60. The quantitative estimate of drug-likeness (QED) is 0.801. The molecule has 0 spiro atoms. The average molecular weight is 327 g/mol. The summed E-state index contributed by atoms with van der Waals surface area (Å²) in [7, 11) is 1.71. The van der Waals surface area contributed by atoms with Gasteiger partial charge in [-0.2, -0.15) is 0 Å². The first-order valence-electron chi connectivity index (χ1n) is 7.39. The van der Waals surface area contributed by atoms with Crippen molar-refractivity contribution in [2.24, 2.45) is 0 Å². The Kier molecular flexibility index (Phi) is 4.25. The highest BCUT2D eigenvalue weighted by atomic mass is 32.1. The van der Waals surface area contributed by atoms with E-state index in [0.29, 0.717) is 17.6 Å². The molecule has 0 atom stereocenters. The molecule has 5 nitrogen and oxygen atoms in total. The summed E-state index contributed by atoms with van der Waals surface area (Å²) < 4.78 is 0. The van der Waals surface area contributed by atoms with Crippen molar-refractivity contribution >= 4 is 28.0 Å². The van der Waals surface area contributed by atoms with Gasteiger partial charge in [-0.3, -0.25) is 9.59 Å². The Morgan fingerprint density at radius 2 is 2.13 bits per heavy atom. The third-order valence-corrected chi connectivity index (χ3v) is 4.67. The van der Waals surface area contributed by atoms with Crippen molar-refractivity contribution in [1.82, 2.24) is 14.9 Å². The molecule has 0 aliphatic heterocycles. The molecule has 0 aliphatic carbocycles. The van der Waals surface area contributed by atoms with Crippen LogP contribution in [0.15, 0.2) is 40.5 Å². The Bertz CT molecular complexity index is 913. The summed E-state index contributed by atoms with van der Waals surface area (Å²) in [5, 5.41) is 4.36. The van der Waals surface area contributed by atoms with Crippen molar-refractivity contribution in [3.63, 3.8) is 0 Å². The van der Waals surface area contributed by atoms with Gasteiger partial charge in [0.1, 0.15) is 5.69 Å². The Morgan fingerprint density at radius 3 is 2.87 bits per heavy atom. The van der Waals surface area contributed by atoms with Crippen molar-refractivity contribution in [3.8, 4) is 0 Å². The van der Waals surface area contributed by atoms with E-state index in [-0.39, 0.29) is 11.5 Å². The van der Waals surface area contributed by atoms with Crippen LogP contribution in [0.1, 0.15) is 28.1 Å². The molecule has 0 saturated carbocycles. The van der Waals surface area contributed by atoms with Crippen LogP contribution in [-0.4, -0.2) is 27.8 Å². The third-order valence-electron chi connectivity index (χ3n) is 3.63. The molecule has 23 heavy (non-hydrogen) atoms. The van der Waals surface area contributed by atoms with Gasteiger partial charge in [0.25, 0.3) is 11.5 Å². The molecule has 0 unspecified atom stereocenters. The highest BCUT2D eigenvalue weighted by Gasteiger charge is 2.15. The Balaban J connectivity index is 1.85. The normalized spacial score (nSPS) is 10.9. The predicted molar refractivity (Wildman–Crippen MR) is 91.9 cm³/mol. The topological polar surface area (TPSA) is 66.1 Å². The molecular formula is C17H17N3O2S. The van der Waals surface area contributed by atoms with Crippen molar-refractivity contribution in [2.75, 3.05) is 7.05 Å². The lowest BCUT2D eigenvalue weighted by atomic mass is 10.1. The molecule has 0 bridgehead atoms. The van der Waals surface area contributed by atoms with E-state index in [1.165, 1.54) is 0 Å². The minimum absolute atomic E-state index is 0.223. The van der Waals surface area contributed by atoms with Gasteiger partial charge in [-0.25, -0.2) is 4.98 Å². The predicted octanol–water partition coefficient (Wildman–Crippen LogP) is 2.82. The van der Waals surface area contributed by atoms with Crippen LogP contribution in [0.5, 0.6) is 0 Å². The molecule has 0 saturated heterocycles. The number of aryl methyl sites for hydroxylation is 1. The molecule has 6 heteroatoms. The summed E-state index contributed by atoms with van der Waals surface area (Å²) in [4.78, 5) is 33.3. The van der Waals surface area contributed by atoms with Gasteiger partial charge in [-0.05, 0) is 23.9 Å². The molecule has 1 N–H and O–H groups in total. The summed E-state index contributed by atoms with van der Waals surface area (Å²) in [6.45, 7) is 2.47. The molecule has 2 aromatic heterocycles. The van der Waals surface area contributed by atoms with Crippen molar-refractivity contribution in [2.45, 2.75) is 19.9 Å². The molecular weight excluding hydrogens is 310 g/mol. The van der Waals surface area contributed by atoms with Crippen LogP contribution < -0.4 is 5.56 Å². The zero-order valence-corrected chi connectivity index (χ0v) is 13.8. The van der Waals surface area contributed by atoms with Crippen LogP contribution in [0.3, 0.4) is 0 Å². The second-order valence-electron chi connectivity index (χ2n) is 5.35. The summed E-state index contributed by atoms with van der Waals surface area (Å²) in [6, 6.07) is 8.94. The second-order valence-corrected chi connectivity index (χ2v) is 6.29. The molecule has 0 fully saturated rings. The lowest BCUT2D eigenvalue weighted by Gasteiger charge is -2.16. The second kappa shape index (κ2) is 6.34. The number of benzene rings is 1. The van der Waals surface area contributed by atoms with E-state index in [2.05, 4.69) is 16.9 Å². The zero-order chi connectivity index (χ0) is 16.4. The molecule has 0 aliphatic rings. The third kappa shape index (κ3) is 3.17. The van der Waals surface area contributed by atoms with Gasteiger partial charge in [-0.1, -0.05) is 25.1 Å². The molecule has 118 valence electrons. The van der Waals surface area contributed by atoms with E-state index in [1.54, 1.807) is 41.5 Å². The number of hydrogen-bond donors (Lipinski definition) is 1. The van der Waals surface area contributed by atoms with Crippen LogP contribution in [0.4, 0.5) is 0 Å². The number of fused-ring (bicyclic) bond motifs is 1. The van der Waals surface area contributed by atoms with Gasteiger partial charge in [-0.15, -0.1) is 11.3 Å². The summed E-state index contributed by atoms with van der Waals surface area (Å²) in [6.07, 6.45) is 0.889. The molecule has 3 rings (SSSR count). The Hall–Kier alpha value is -2.47. The van der Waals surface area contributed by atoms with E-state index in [9.17, 15) is 9.59 Å². The van der Waals surface area contributed by atoms with E-state index < -0.39 is 0 Å². The van der Waals surface area contributed by atoms with Gasteiger partial charge in [0.2, 0.25) is 0 Å². The van der Waals surface area contributed by atoms with Gasteiger partial charge >= 0.3 is 0 Å². The number of thiazole rings is 1. The van der Waals surface area contributed by atoms with Crippen LogP contribution >= 0.6 is 11.3 Å². The first-order chi connectivity index (χ1) is 11.1. The lowest BCUT2D eigenvalue weighted by molar-refractivity contribution is 0.0777. The molecule has 1 amide bonds. The number of carbonyl (C=O) groups excluding carboxylic acids is 1. The molecule has 3 aromatic rings. The number of H-pyrrole nitrogens is 1. The maximum atomic E-state index is 12.6. The average Bonchev–Trinajstić information content (AvgIpc) is 3.01. The van der Waals surface area contributed by atoms with E-state index in [1.807, 2.05) is 17.5 Å². The number of aromatic amines is 1. The SMILES string of the molecule is CCc1nc(CN(C)C(=O)c2cc3ccccc3c(=O)[nH]2)cs1. The van der Waals surface area contributed by atoms with E-state index >= 15 is 0 Å². The van der Waals surface area contributed by atoms with Gasteiger partial charge in [0.05, 0.1) is 17.2 Å². The van der Waals surface area contributed by atoms with Gasteiger partial charge in [0, 0.05) is 17.8 Å². The summed E-state index contributed by atoms with van der Waals surface area (Å²) in [5.41, 5.74) is 0.912. The number of aromatic nitrogens is 2. The molecule has 2 heterocycles. The maximum Gasteiger partial charge on any atom is 0.270 e. The van der Waals surface area contributed by atoms with Crippen molar-refractivity contribution < 1.29 is 4.79 Å². The largest absolute Gasteiger partial charge is 0.335 e. The zero-order valence-electron chi connectivity index (χ0n) is 13.0. The minimum Gasteiger partial charge on any atom is -0.335 e. The van der Waals surface area contributed by atoms with E-state index in [0.717, 1.165) is 22.5 Å². The standard InChI is InChI=1S/C17H17N3O2S/c1-3-15-18-12(10-23-15)9-20(2)17(22)14-8-11-6-4-5-7-13(11)16(21)19-14/h4-8,10H,3,9H2,1-2H3,(H,19,21). The first kappa shape index (κ1) is 15.4. The number of rotatable bonds is 4. The Morgan fingerprint density at radius 1 is 1.35 bits per heavy atom. The van der Waals surface area contributed by atoms with Crippen molar-refractivity contribution in [3.05, 3.63) is 62.5 Å². The fraction of sp³-hybridized carbons (Fsp3) is 0.235. The fourth-order valence-corrected chi connectivity index (χ4v) is 3.17. The number of nitrogens with zero attached hydrogens (tertiary/aromatic N) is 2. The first-order valence-corrected chi connectivity index (χ1v) is 8.27. The van der Waals surface area contributed by atoms with Crippen LogP contribution in [0.2, 0.25) is 0 Å². The highest BCUT2D eigenvalue weighted by molar-refractivity contribution is 7.09. The number of nitrogens with one attached hydrogen (secondary N) is 1.